The smallest absolute Gasteiger partial charge is 0.260 e. The zero-order valence-electron chi connectivity index (χ0n) is 15.2. The highest BCUT2D eigenvalue weighted by Gasteiger charge is 2.18. The van der Waals surface area contributed by atoms with Gasteiger partial charge >= 0.3 is 0 Å². The number of aromatic nitrogens is 2. The Morgan fingerprint density at radius 1 is 1.08 bits per heavy atom. The van der Waals surface area contributed by atoms with E-state index in [9.17, 15) is 4.79 Å². The van der Waals surface area contributed by atoms with Crippen LogP contribution in [-0.2, 0) is 0 Å². The molecule has 1 aromatic heterocycles. The van der Waals surface area contributed by atoms with Crippen molar-refractivity contribution in [1.82, 2.24) is 10.2 Å². The zero-order valence-corrected chi connectivity index (χ0v) is 15.2. The molecule has 0 bridgehead atoms. The van der Waals surface area contributed by atoms with Gasteiger partial charge in [-0.3, -0.25) is 9.89 Å². The summed E-state index contributed by atoms with van der Waals surface area (Å²) in [4.78, 5) is 12.8. The fourth-order valence-corrected chi connectivity index (χ4v) is 2.83. The molecule has 0 saturated heterocycles. The van der Waals surface area contributed by atoms with Crippen LogP contribution in [0.4, 0.5) is 5.82 Å². The van der Waals surface area contributed by atoms with Crippen LogP contribution < -0.4 is 14.8 Å². The van der Waals surface area contributed by atoms with Crippen molar-refractivity contribution in [1.29, 1.82) is 0 Å². The molecule has 0 unspecified atom stereocenters. The lowest BCUT2D eigenvalue weighted by atomic mass is 10.0. The molecule has 0 aliphatic heterocycles. The van der Waals surface area contributed by atoms with Gasteiger partial charge in [-0.05, 0) is 31.5 Å². The number of nitrogens with one attached hydrogen (secondary N) is 2. The van der Waals surface area contributed by atoms with Crippen LogP contribution in [0.3, 0.4) is 0 Å². The molecule has 6 heteroatoms. The van der Waals surface area contributed by atoms with Gasteiger partial charge in [-0.1, -0.05) is 29.8 Å². The highest BCUT2D eigenvalue weighted by atomic mass is 16.5. The van der Waals surface area contributed by atoms with Gasteiger partial charge in [0, 0.05) is 17.3 Å². The third-order valence-electron chi connectivity index (χ3n) is 4.14. The molecule has 0 aliphatic rings. The molecule has 2 N–H and O–H groups in total. The number of H-pyrrole nitrogens is 1. The molecule has 0 spiro atoms. The van der Waals surface area contributed by atoms with Crippen LogP contribution in [0.1, 0.15) is 21.6 Å². The molecule has 0 fully saturated rings. The number of ether oxygens (including phenoxy) is 2. The molecule has 134 valence electrons. The van der Waals surface area contributed by atoms with E-state index in [2.05, 4.69) is 21.6 Å². The number of benzene rings is 2. The average Bonchev–Trinajstić information content (AvgIpc) is 3.01. The molecule has 0 saturated carbocycles. The Kier molecular flexibility index (Phi) is 4.93. The second kappa shape index (κ2) is 7.31. The zero-order chi connectivity index (χ0) is 18.7. The van der Waals surface area contributed by atoms with Gasteiger partial charge in [0.05, 0.1) is 19.8 Å². The standard InChI is InChI=1S/C20H21N3O3/c1-12-6-5-7-14(10-12)18-13(2)22-23-19(18)21-20(24)16-9-8-15(25-3)11-17(16)26-4/h5-11H,1-4H3,(H2,21,22,23,24). The van der Waals surface area contributed by atoms with Crippen LogP contribution in [0.5, 0.6) is 11.5 Å². The Morgan fingerprint density at radius 3 is 2.58 bits per heavy atom. The molecule has 0 atom stereocenters. The summed E-state index contributed by atoms with van der Waals surface area (Å²) in [7, 11) is 3.08. The van der Waals surface area contributed by atoms with Crippen LogP contribution in [0.15, 0.2) is 42.5 Å². The van der Waals surface area contributed by atoms with Crippen molar-refractivity contribution in [2.75, 3.05) is 19.5 Å². The Hall–Kier alpha value is -3.28. The fraction of sp³-hybridized carbons (Fsp3) is 0.200. The van der Waals surface area contributed by atoms with E-state index in [0.717, 1.165) is 22.4 Å². The van der Waals surface area contributed by atoms with E-state index < -0.39 is 0 Å². The number of carbonyl (C=O) groups is 1. The van der Waals surface area contributed by atoms with Gasteiger partial charge < -0.3 is 14.8 Å². The highest BCUT2D eigenvalue weighted by molar-refractivity contribution is 6.07. The summed E-state index contributed by atoms with van der Waals surface area (Å²) in [5.41, 5.74) is 4.29. The molecular weight excluding hydrogens is 330 g/mol. The summed E-state index contributed by atoms with van der Waals surface area (Å²) in [6.45, 7) is 3.95. The van der Waals surface area contributed by atoms with E-state index in [4.69, 9.17) is 9.47 Å². The Balaban J connectivity index is 1.94. The van der Waals surface area contributed by atoms with E-state index >= 15 is 0 Å². The SMILES string of the molecule is COc1ccc(C(=O)Nc2n[nH]c(C)c2-c2cccc(C)c2)c(OC)c1. The van der Waals surface area contributed by atoms with Gasteiger partial charge in [-0.2, -0.15) is 5.10 Å². The van der Waals surface area contributed by atoms with Crippen molar-refractivity contribution >= 4 is 11.7 Å². The van der Waals surface area contributed by atoms with Gasteiger partial charge in [0.25, 0.3) is 5.91 Å². The quantitative estimate of drug-likeness (QED) is 0.729. The van der Waals surface area contributed by atoms with Crippen molar-refractivity contribution in [3.63, 3.8) is 0 Å². The molecule has 2 aromatic carbocycles. The number of methoxy groups -OCH3 is 2. The van der Waals surface area contributed by atoms with Gasteiger partial charge in [0.1, 0.15) is 11.5 Å². The lowest BCUT2D eigenvalue weighted by molar-refractivity contribution is 0.102. The Labute approximate surface area is 152 Å². The van der Waals surface area contributed by atoms with Crippen LogP contribution in [0.2, 0.25) is 0 Å². The number of anilines is 1. The average molecular weight is 351 g/mol. The van der Waals surface area contributed by atoms with Gasteiger partial charge in [-0.25, -0.2) is 0 Å². The maximum Gasteiger partial charge on any atom is 0.260 e. The third-order valence-corrected chi connectivity index (χ3v) is 4.14. The first kappa shape index (κ1) is 17.5. The summed E-state index contributed by atoms with van der Waals surface area (Å²) < 4.78 is 10.5. The molecule has 0 aliphatic carbocycles. The van der Waals surface area contributed by atoms with E-state index in [0.29, 0.717) is 22.9 Å². The minimum absolute atomic E-state index is 0.301. The molecule has 26 heavy (non-hydrogen) atoms. The van der Waals surface area contributed by atoms with Crippen LogP contribution >= 0.6 is 0 Å². The molecule has 0 radical (unpaired) electrons. The van der Waals surface area contributed by atoms with E-state index in [1.807, 2.05) is 32.0 Å². The summed E-state index contributed by atoms with van der Waals surface area (Å²) in [5, 5.41) is 10.1. The first-order chi connectivity index (χ1) is 12.5. The lowest BCUT2D eigenvalue weighted by Crippen LogP contribution is -2.14. The summed E-state index contributed by atoms with van der Waals surface area (Å²) in [5.74, 6) is 1.24. The Bertz CT molecular complexity index is 947. The van der Waals surface area contributed by atoms with Gasteiger partial charge in [0.15, 0.2) is 5.82 Å². The number of aromatic amines is 1. The topological polar surface area (TPSA) is 76.2 Å². The second-order valence-electron chi connectivity index (χ2n) is 5.96. The molecule has 3 aromatic rings. The fourth-order valence-electron chi connectivity index (χ4n) is 2.83. The minimum Gasteiger partial charge on any atom is -0.497 e. The van der Waals surface area contributed by atoms with E-state index in [-0.39, 0.29) is 5.91 Å². The number of hydrogen-bond donors (Lipinski definition) is 2. The predicted molar refractivity (Wildman–Crippen MR) is 101 cm³/mol. The normalized spacial score (nSPS) is 10.5. The van der Waals surface area contributed by atoms with Crippen LogP contribution in [-0.4, -0.2) is 30.3 Å². The van der Waals surface area contributed by atoms with Crippen LogP contribution in [0, 0.1) is 13.8 Å². The van der Waals surface area contributed by atoms with Crippen LogP contribution in [0.25, 0.3) is 11.1 Å². The monoisotopic (exact) mass is 351 g/mol. The van der Waals surface area contributed by atoms with E-state index in [1.54, 1.807) is 25.3 Å². The molecule has 1 heterocycles. The highest BCUT2D eigenvalue weighted by Crippen LogP contribution is 2.31. The maximum atomic E-state index is 12.8. The number of hydrogen-bond acceptors (Lipinski definition) is 4. The minimum atomic E-state index is -0.301. The molecule has 1 amide bonds. The van der Waals surface area contributed by atoms with Crippen molar-refractivity contribution in [2.24, 2.45) is 0 Å². The third kappa shape index (κ3) is 3.39. The van der Waals surface area contributed by atoms with Crippen molar-refractivity contribution in [3.8, 4) is 22.6 Å². The number of nitrogens with zero attached hydrogens (tertiary/aromatic N) is 1. The van der Waals surface area contributed by atoms with E-state index in [1.165, 1.54) is 7.11 Å². The first-order valence-electron chi connectivity index (χ1n) is 8.19. The lowest BCUT2D eigenvalue weighted by Gasteiger charge is -2.11. The summed E-state index contributed by atoms with van der Waals surface area (Å²) >= 11 is 0. The number of amides is 1. The number of carbonyl (C=O) groups excluding carboxylic acids is 1. The summed E-state index contributed by atoms with van der Waals surface area (Å²) in [6, 6.07) is 13.1. The van der Waals surface area contributed by atoms with Crippen molar-refractivity contribution < 1.29 is 14.3 Å². The largest absolute Gasteiger partial charge is 0.497 e. The van der Waals surface area contributed by atoms with Crippen molar-refractivity contribution in [3.05, 3.63) is 59.3 Å². The number of aryl methyl sites for hydroxylation is 2. The maximum absolute atomic E-state index is 12.8. The second-order valence-corrected chi connectivity index (χ2v) is 5.96. The first-order valence-corrected chi connectivity index (χ1v) is 8.19. The molecule has 3 rings (SSSR count). The van der Waals surface area contributed by atoms with Gasteiger partial charge in [0.2, 0.25) is 0 Å². The van der Waals surface area contributed by atoms with Gasteiger partial charge in [-0.15, -0.1) is 0 Å². The Morgan fingerprint density at radius 2 is 1.88 bits per heavy atom. The molecular formula is C20H21N3O3. The predicted octanol–water partition coefficient (Wildman–Crippen LogP) is 3.96. The molecule has 6 nitrogen and oxygen atoms in total. The summed E-state index contributed by atoms with van der Waals surface area (Å²) in [6.07, 6.45) is 0. The number of rotatable bonds is 5. The van der Waals surface area contributed by atoms with Crippen molar-refractivity contribution in [2.45, 2.75) is 13.8 Å².